The van der Waals surface area contributed by atoms with E-state index in [4.69, 9.17) is 14.5 Å². The number of aromatic nitrogens is 3. The van der Waals surface area contributed by atoms with Gasteiger partial charge in [0.15, 0.2) is 5.82 Å². The summed E-state index contributed by atoms with van der Waals surface area (Å²) in [7, 11) is 0. The molecule has 0 bridgehead atoms. The molecule has 1 N–H and O–H groups in total. The van der Waals surface area contributed by atoms with Gasteiger partial charge in [-0.05, 0) is 58.7 Å². The van der Waals surface area contributed by atoms with E-state index in [1.54, 1.807) is 11.6 Å². The van der Waals surface area contributed by atoms with E-state index in [2.05, 4.69) is 15.3 Å². The predicted molar refractivity (Wildman–Crippen MR) is 129 cm³/mol. The fraction of sp³-hybridized carbons (Fsp3) is 0.440. The molecule has 0 atom stereocenters. The average Bonchev–Trinajstić information content (AvgIpc) is 3.23. The minimum absolute atomic E-state index is 0.00712. The molecule has 9 nitrogen and oxygen atoms in total. The Hall–Kier alpha value is -3.62. The number of esters is 1. The van der Waals surface area contributed by atoms with Crippen molar-refractivity contribution in [2.45, 2.75) is 52.2 Å². The highest BCUT2D eigenvalue weighted by Gasteiger charge is 2.29. The molecule has 1 fully saturated rings. The average molecular weight is 466 g/mol. The van der Waals surface area contributed by atoms with Gasteiger partial charge in [-0.1, -0.05) is 18.2 Å². The number of piperidine rings is 1. The number of nitrogens with zero attached hydrogens (tertiary/aromatic N) is 4. The molecule has 3 heterocycles. The van der Waals surface area contributed by atoms with Gasteiger partial charge in [0.2, 0.25) is 0 Å². The summed E-state index contributed by atoms with van der Waals surface area (Å²) in [6.45, 7) is 8.84. The van der Waals surface area contributed by atoms with Gasteiger partial charge in [-0.3, -0.25) is 0 Å². The Labute approximate surface area is 199 Å². The van der Waals surface area contributed by atoms with Gasteiger partial charge in [0.1, 0.15) is 17.0 Å². The molecule has 180 valence electrons. The number of carbonyl (C=O) groups excluding carboxylic acids is 2. The maximum absolute atomic E-state index is 12.7. The first-order valence-corrected chi connectivity index (χ1v) is 11.6. The number of amides is 1. The number of ether oxygens (including phenoxy) is 2. The Bertz CT molecular complexity index is 1180. The standard InChI is InChI=1S/C25H31N5O4/c1-5-33-23(31)19-16-26-30(21-11-10-17-8-6-7-9-20(17)28-21)22(19)29-14-12-18(13-15-29)27-24(32)34-25(2,3)4/h6-11,16,18H,5,12-15H2,1-4H3,(H,27,32). The van der Waals surface area contributed by atoms with Crippen molar-refractivity contribution < 1.29 is 19.1 Å². The molecule has 0 spiro atoms. The van der Waals surface area contributed by atoms with Crippen LogP contribution >= 0.6 is 0 Å². The summed E-state index contributed by atoms with van der Waals surface area (Å²) in [6, 6.07) is 11.7. The third-order valence-corrected chi connectivity index (χ3v) is 5.56. The highest BCUT2D eigenvalue weighted by molar-refractivity contribution is 5.95. The van der Waals surface area contributed by atoms with Crippen molar-refractivity contribution >= 4 is 28.8 Å². The van der Waals surface area contributed by atoms with Crippen molar-refractivity contribution in [1.82, 2.24) is 20.1 Å². The van der Waals surface area contributed by atoms with Crippen LogP contribution in [0.1, 0.15) is 50.9 Å². The zero-order chi connectivity index (χ0) is 24.3. The van der Waals surface area contributed by atoms with Crippen LogP contribution in [0.25, 0.3) is 16.7 Å². The summed E-state index contributed by atoms with van der Waals surface area (Å²) in [4.78, 5) is 31.7. The van der Waals surface area contributed by atoms with E-state index >= 15 is 0 Å². The molecule has 0 aliphatic carbocycles. The molecule has 0 saturated carbocycles. The van der Waals surface area contributed by atoms with E-state index in [1.165, 1.54) is 6.20 Å². The Morgan fingerprint density at radius 2 is 1.85 bits per heavy atom. The SMILES string of the molecule is CCOC(=O)c1cnn(-c2ccc3ccccc3n2)c1N1CCC(NC(=O)OC(C)(C)C)CC1. The molecule has 2 aromatic heterocycles. The van der Waals surface area contributed by atoms with E-state index in [1.807, 2.05) is 57.2 Å². The minimum Gasteiger partial charge on any atom is -0.462 e. The second-order valence-electron chi connectivity index (χ2n) is 9.28. The van der Waals surface area contributed by atoms with Crippen LogP contribution in [0.4, 0.5) is 10.6 Å². The molecule has 1 aromatic carbocycles. The second kappa shape index (κ2) is 9.70. The molecular weight excluding hydrogens is 434 g/mol. The first-order valence-electron chi connectivity index (χ1n) is 11.6. The smallest absolute Gasteiger partial charge is 0.407 e. The lowest BCUT2D eigenvalue weighted by molar-refractivity contribution is 0.0495. The summed E-state index contributed by atoms with van der Waals surface area (Å²) in [6.07, 6.45) is 2.54. The van der Waals surface area contributed by atoms with Crippen molar-refractivity contribution in [3.63, 3.8) is 0 Å². The number of nitrogens with one attached hydrogen (secondary N) is 1. The zero-order valence-corrected chi connectivity index (χ0v) is 20.1. The number of para-hydroxylation sites is 1. The number of alkyl carbamates (subject to hydrolysis) is 1. The van der Waals surface area contributed by atoms with Gasteiger partial charge in [0.25, 0.3) is 0 Å². The summed E-state index contributed by atoms with van der Waals surface area (Å²) >= 11 is 0. The van der Waals surface area contributed by atoms with Crippen LogP contribution in [0.15, 0.2) is 42.6 Å². The van der Waals surface area contributed by atoms with Crippen LogP contribution in [0.5, 0.6) is 0 Å². The first kappa shape index (κ1) is 23.5. The third kappa shape index (κ3) is 5.30. The van der Waals surface area contributed by atoms with Crippen molar-refractivity contribution in [2.24, 2.45) is 0 Å². The quantitative estimate of drug-likeness (QED) is 0.567. The molecule has 1 aliphatic rings. The monoisotopic (exact) mass is 465 g/mol. The van der Waals surface area contributed by atoms with Crippen LogP contribution in [0.2, 0.25) is 0 Å². The van der Waals surface area contributed by atoms with Gasteiger partial charge in [-0.25, -0.2) is 14.6 Å². The van der Waals surface area contributed by atoms with Crippen LogP contribution in [0, 0.1) is 0 Å². The number of anilines is 1. The molecule has 4 rings (SSSR count). The van der Waals surface area contributed by atoms with E-state index < -0.39 is 17.7 Å². The second-order valence-corrected chi connectivity index (χ2v) is 9.28. The lowest BCUT2D eigenvalue weighted by atomic mass is 10.0. The number of hydrogen-bond donors (Lipinski definition) is 1. The van der Waals surface area contributed by atoms with Crippen LogP contribution in [0.3, 0.4) is 0 Å². The lowest BCUT2D eigenvalue weighted by Gasteiger charge is -2.34. The number of carbonyl (C=O) groups is 2. The first-order chi connectivity index (χ1) is 16.2. The maximum atomic E-state index is 12.7. The zero-order valence-electron chi connectivity index (χ0n) is 20.1. The number of fused-ring (bicyclic) bond motifs is 1. The van der Waals surface area contributed by atoms with Gasteiger partial charge in [-0.2, -0.15) is 9.78 Å². The summed E-state index contributed by atoms with van der Waals surface area (Å²) in [5.74, 6) is 0.855. The Morgan fingerprint density at radius 3 is 2.56 bits per heavy atom. The summed E-state index contributed by atoms with van der Waals surface area (Å²) in [5, 5.41) is 8.48. The van der Waals surface area contributed by atoms with Crippen molar-refractivity contribution in [3.05, 3.63) is 48.2 Å². The molecule has 34 heavy (non-hydrogen) atoms. The Kier molecular flexibility index (Phi) is 6.72. The van der Waals surface area contributed by atoms with Crippen LogP contribution in [-0.4, -0.2) is 58.2 Å². The normalized spacial score (nSPS) is 14.8. The summed E-state index contributed by atoms with van der Waals surface area (Å²) < 4.78 is 12.4. The lowest BCUT2D eigenvalue weighted by Crippen LogP contribution is -2.46. The topological polar surface area (TPSA) is 98.6 Å². The van der Waals surface area contributed by atoms with Gasteiger partial charge >= 0.3 is 12.1 Å². The van der Waals surface area contributed by atoms with E-state index in [-0.39, 0.29) is 12.6 Å². The van der Waals surface area contributed by atoms with Crippen LogP contribution in [-0.2, 0) is 9.47 Å². The van der Waals surface area contributed by atoms with Crippen LogP contribution < -0.4 is 10.2 Å². The molecule has 3 aromatic rings. The fourth-order valence-electron chi connectivity index (χ4n) is 4.05. The van der Waals surface area contributed by atoms with Gasteiger partial charge in [-0.15, -0.1) is 0 Å². The van der Waals surface area contributed by atoms with E-state index in [9.17, 15) is 9.59 Å². The van der Waals surface area contributed by atoms with Gasteiger partial charge in [0, 0.05) is 24.5 Å². The predicted octanol–water partition coefficient (Wildman–Crippen LogP) is 4.09. The molecule has 1 amide bonds. The Balaban J connectivity index is 1.58. The number of hydrogen-bond acceptors (Lipinski definition) is 7. The molecule has 1 aliphatic heterocycles. The molecule has 1 saturated heterocycles. The fourth-order valence-corrected chi connectivity index (χ4v) is 4.05. The molecule has 0 radical (unpaired) electrons. The number of rotatable bonds is 5. The van der Waals surface area contributed by atoms with E-state index in [0.717, 1.165) is 10.9 Å². The molecular formula is C25H31N5O4. The van der Waals surface area contributed by atoms with Gasteiger partial charge in [0.05, 0.1) is 18.3 Å². The minimum atomic E-state index is -0.543. The third-order valence-electron chi connectivity index (χ3n) is 5.56. The van der Waals surface area contributed by atoms with Gasteiger partial charge < -0.3 is 19.7 Å². The van der Waals surface area contributed by atoms with E-state index in [0.29, 0.717) is 43.1 Å². The number of benzene rings is 1. The molecule has 9 heteroatoms. The highest BCUT2D eigenvalue weighted by Crippen LogP contribution is 2.28. The van der Waals surface area contributed by atoms with Crippen molar-refractivity contribution in [1.29, 1.82) is 0 Å². The maximum Gasteiger partial charge on any atom is 0.407 e. The molecule has 0 unspecified atom stereocenters. The summed E-state index contributed by atoms with van der Waals surface area (Å²) in [5.41, 5.74) is 0.702. The van der Waals surface area contributed by atoms with Crippen molar-refractivity contribution in [3.8, 4) is 5.82 Å². The Morgan fingerprint density at radius 1 is 1.12 bits per heavy atom. The number of pyridine rings is 1. The van der Waals surface area contributed by atoms with Crippen molar-refractivity contribution in [2.75, 3.05) is 24.6 Å². The largest absolute Gasteiger partial charge is 0.462 e. The highest BCUT2D eigenvalue weighted by atomic mass is 16.6.